The summed E-state index contributed by atoms with van der Waals surface area (Å²) in [6, 6.07) is 1.97. The number of rotatable bonds is 6. The molecule has 1 aromatic rings. The maximum atomic E-state index is 4.94. The van der Waals surface area contributed by atoms with Crippen LogP contribution in [0.25, 0.3) is 0 Å². The van der Waals surface area contributed by atoms with Gasteiger partial charge in [0.05, 0.1) is 12.5 Å². The van der Waals surface area contributed by atoms with E-state index in [1.807, 2.05) is 12.1 Å². The van der Waals surface area contributed by atoms with Crippen LogP contribution in [0.15, 0.2) is 35.7 Å². The molecule has 0 spiro atoms. The van der Waals surface area contributed by atoms with Crippen LogP contribution in [-0.4, -0.2) is 6.54 Å². The second-order valence-corrected chi connectivity index (χ2v) is 2.74. The average Bonchev–Trinajstić information content (AvgIpc) is 2.57. The van der Waals surface area contributed by atoms with Crippen molar-refractivity contribution in [3.05, 3.63) is 36.8 Å². The fraction of sp³-hybridized carbons (Fsp3) is 0.400. The van der Waals surface area contributed by atoms with Crippen molar-refractivity contribution >= 4 is 0 Å². The Morgan fingerprint density at radius 1 is 1.58 bits per heavy atom. The van der Waals surface area contributed by atoms with Crippen LogP contribution in [0.3, 0.4) is 0 Å². The van der Waals surface area contributed by atoms with Gasteiger partial charge in [-0.3, -0.25) is 0 Å². The van der Waals surface area contributed by atoms with Crippen molar-refractivity contribution in [2.45, 2.75) is 19.4 Å². The lowest BCUT2D eigenvalue weighted by Gasteiger charge is -1.99. The molecule has 0 saturated heterocycles. The van der Waals surface area contributed by atoms with E-state index in [4.69, 9.17) is 4.42 Å². The van der Waals surface area contributed by atoms with Gasteiger partial charge in [-0.25, -0.2) is 0 Å². The van der Waals surface area contributed by atoms with Crippen molar-refractivity contribution in [2.24, 2.45) is 0 Å². The molecule has 0 atom stereocenters. The molecule has 0 aliphatic heterocycles. The third-order valence-corrected chi connectivity index (χ3v) is 1.67. The Hall–Kier alpha value is -1.02. The van der Waals surface area contributed by atoms with Gasteiger partial charge >= 0.3 is 0 Å². The number of allylic oxidation sites excluding steroid dienone is 1. The van der Waals surface area contributed by atoms with Crippen LogP contribution < -0.4 is 5.32 Å². The third kappa shape index (κ3) is 3.39. The highest BCUT2D eigenvalue weighted by atomic mass is 16.3. The minimum absolute atomic E-state index is 0.896. The van der Waals surface area contributed by atoms with Crippen LogP contribution in [0.2, 0.25) is 0 Å². The zero-order valence-electron chi connectivity index (χ0n) is 7.25. The second-order valence-electron chi connectivity index (χ2n) is 2.74. The fourth-order valence-corrected chi connectivity index (χ4v) is 0.997. The first-order valence-electron chi connectivity index (χ1n) is 4.26. The molecular weight excluding hydrogens is 150 g/mol. The highest BCUT2D eigenvalue weighted by molar-refractivity contribution is 5.04. The predicted octanol–water partition coefficient (Wildman–Crippen LogP) is 2.34. The van der Waals surface area contributed by atoms with Crippen LogP contribution in [0, 0.1) is 0 Å². The maximum absolute atomic E-state index is 4.94. The lowest BCUT2D eigenvalue weighted by Crippen LogP contribution is -2.13. The lowest BCUT2D eigenvalue weighted by atomic mass is 10.3. The summed E-state index contributed by atoms with van der Waals surface area (Å²) in [5.74, 6) is 0. The molecule has 0 bridgehead atoms. The molecular formula is C10H15NO. The molecule has 2 nitrogen and oxygen atoms in total. The molecule has 1 heterocycles. The van der Waals surface area contributed by atoms with Crippen molar-refractivity contribution in [1.82, 2.24) is 5.32 Å². The number of nitrogens with one attached hydrogen (secondary N) is 1. The van der Waals surface area contributed by atoms with E-state index in [2.05, 4.69) is 11.9 Å². The van der Waals surface area contributed by atoms with Crippen LogP contribution in [-0.2, 0) is 6.54 Å². The van der Waals surface area contributed by atoms with Crippen molar-refractivity contribution in [1.29, 1.82) is 0 Å². The van der Waals surface area contributed by atoms with Crippen LogP contribution in [0.4, 0.5) is 0 Å². The van der Waals surface area contributed by atoms with Crippen molar-refractivity contribution in [3.63, 3.8) is 0 Å². The molecule has 0 fully saturated rings. The first-order chi connectivity index (χ1) is 5.93. The van der Waals surface area contributed by atoms with Gasteiger partial charge in [0.2, 0.25) is 0 Å². The van der Waals surface area contributed by atoms with Crippen LogP contribution >= 0.6 is 0 Å². The minimum atomic E-state index is 0.896. The van der Waals surface area contributed by atoms with Gasteiger partial charge in [-0.2, -0.15) is 0 Å². The smallest absolute Gasteiger partial charge is 0.0947 e. The molecule has 0 unspecified atom stereocenters. The molecule has 12 heavy (non-hydrogen) atoms. The Kier molecular flexibility index (Phi) is 4.24. The normalized spacial score (nSPS) is 10.0. The topological polar surface area (TPSA) is 25.2 Å². The summed E-state index contributed by atoms with van der Waals surface area (Å²) in [5, 5.41) is 3.31. The van der Waals surface area contributed by atoms with E-state index in [1.165, 1.54) is 5.56 Å². The molecule has 1 rings (SSSR count). The Morgan fingerprint density at radius 2 is 2.50 bits per heavy atom. The second kappa shape index (κ2) is 5.61. The fourth-order valence-electron chi connectivity index (χ4n) is 0.997. The highest BCUT2D eigenvalue weighted by Gasteiger charge is 1.91. The summed E-state index contributed by atoms with van der Waals surface area (Å²) >= 11 is 0. The van der Waals surface area contributed by atoms with E-state index in [0.29, 0.717) is 0 Å². The SMILES string of the molecule is C=CCCCNCc1ccoc1. The Morgan fingerprint density at radius 3 is 3.17 bits per heavy atom. The molecule has 1 N–H and O–H groups in total. The van der Waals surface area contributed by atoms with Gasteiger partial charge < -0.3 is 9.73 Å². The zero-order chi connectivity index (χ0) is 8.65. The van der Waals surface area contributed by atoms with Gasteiger partial charge in [-0.15, -0.1) is 6.58 Å². The van der Waals surface area contributed by atoms with Gasteiger partial charge in [0.15, 0.2) is 0 Å². The average molecular weight is 165 g/mol. The largest absolute Gasteiger partial charge is 0.472 e. The highest BCUT2D eigenvalue weighted by Crippen LogP contribution is 1.98. The standard InChI is InChI=1S/C10H15NO/c1-2-3-4-6-11-8-10-5-7-12-9-10/h2,5,7,9,11H,1,3-4,6,8H2. The number of furan rings is 1. The number of unbranched alkanes of at least 4 members (excludes halogenated alkanes) is 1. The van der Waals surface area contributed by atoms with Gasteiger partial charge in [0, 0.05) is 12.1 Å². The monoisotopic (exact) mass is 165 g/mol. The summed E-state index contributed by atoms with van der Waals surface area (Å²) in [6.45, 7) is 5.60. The first kappa shape index (κ1) is 9.07. The Bertz CT molecular complexity index is 204. The van der Waals surface area contributed by atoms with Crippen molar-refractivity contribution in [3.8, 4) is 0 Å². The van der Waals surface area contributed by atoms with Crippen LogP contribution in [0.1, 0.15) is 18.4 Å². The Balaban J connectivity index is 2.00. The van der Waals surface area contributed by atoms with E-state index in [1.54, 1.807) is 12.5 Å². The summed E-state index contributed by atoms with van der Waals surface area (Å²) in [5.41, 5.74) is 1.20. The molecule has 0 amide bonds. The van der Waals surface area contributed by atoms with Gasteiger partial charge in [0.25, 0.3) is 0 Å². The molecule has 0 aliphatic rings. The molecule has 0 saturated carbocycles. The zero-order valence-corrected chi connectivity index (χ0v) is 7.25. The van der Waals surface area contributed by atoms with E-state index in [9.17, 15) is 0 Å². The molecule has 0 radical (unpaired) electrons. The summed E-state index contributed by atoms with van der Waals surface area (Å²) in [7, 11) is 0. The van der Waals surface area contributed by atoms with Crippen molar-refractivity contribution < 1.29 is 4.42 Å². The summed E-state index contributed by atoms with van der Waals surface area (Å²) in [4.78, 5) is 0. The van der Waals surface area contributed by atoms with E-state index >= 15 is 0 Å². The first-order valence-corrected chi connectivity index (χ1v) is 4.26. The molecule has 66 valence electrons. The van der Waals surface area contributed by atoms with E-state index < -0.39 is 0 Å². The number of hydrogen-bond donors (Lipinski definition) is 1. The van der Waals surface area contributed by atoms with Gasteiger partial charge in [-0.05, 0) is 25.5 Å². The van der Waals surface area contributed by atoms with Gasteiger partial charge in [0.1, 0.15) is 0 Å². The van der Waals surface area contributed by atoms with E-state index in [-0.39, 0.29) is 0 Å². The third-order valence-electron chi connectivity index (χ3n) is 1.67. The summed E-state index contributed by atoms with van der Waals surface area (Å²) < 4.78 is 4.94. The predicted molar refractivity (Wildman–Crippen MR) is 49.8 cm³/mol. The van der Waals surface area contributed by atoms with Crippen LogP contribution in [0.5, 0.6) is 0 Å². The van der Waals surface area contributed by atoms with Crippen molar-refractivity contribution in [2.75, 3.05) is 6.54 Å². The Labute approximate surface area is 73.3 Å². The molecule has 2 heteroatoms. The molecule has 0 aliphatic carbocycles. The lowest BCUT2D eigenvalue weighted by molar-refractivity contribution is 0.559. The minimum Gasteiger partial charge on any atom is -0.472 e. The summed E-state index contributed by atoms with van der Waals surface area (Å²) in [6.07, 6.45) is 7.64. The molecule has 1 aromatic heterocycles. The number of hydrogen-bond acceptors (Lipinski definition) is 2. The quantitative estimate of drug-likeness (QED) is 0.517. The maximum Gasteiger partial charge on any atom is 0.0947 e. The molecule has 0 aromatic carbocycles. The van der Waals surface area contributed by atoms with Gasteiger partial charge in [-0.1, -0.05) is 6.08 Å². The van der Waals surface area contributed by atoms with E-state index in [0.717, 1.165) is 25.9 Å².